The summed E-state index contributed by atoms with van der Waals surface area (Å²) in [5, 5.41) is 8.87. The van der Waals surface area contributed by atoms with Gasteiger partial charge < -0.3 is 5.11 Å². The lowest BCUT2D eigenvalue weighted by atomic mass is 10.0. The highest BCUT2D eigenvalue weighted by atomic mass is 16.4. The van der Waals surface area contributed by atoms with Gasteiger partial charge in [0, 0.05) is 11.1 Å². The van der Waals surface area contributed by atoms with Gasteiger partial charge in [0.15, 0.2) is 5.78 Å². The lowest BCUT2D eigenvalue weighted by molar-refractivity contribution is -0.132. The zero-order chi connectivity index (χ0) is 23.4. The molecule has 0 saturated carbocycles. The van der Waals surface area contributed by atoms with Crippen LogP contribution in [0.25, 0.3) is 0 Å². The van der Waals surface area contributed by atoms with Gasteiger partial charge in [-0.3, -0.25) is 4.79 Å². The first-order chi connectivity index (χ1) is 15.5. The second-order valence-corrected chi connectivity index (χ2v) is 9.25. The number of carbonyl (C=O) groups excluding carboxylic acids is 1. The van der Waals surface area contributed by atoms with Crippen LogP contribution in [0.1, 0.15) is 133 Å². The third-order valence-electron chi connectivity index (χ3n) is 6.24. The SMILES string of the molecule is CCCCCCCCCCCCCCCCCCc1ccc(C(=O)C=C(C)C(=O)O)cc1. The van der Waals surface area contributed by atoms with E-state index in [1.165, 1.54) is 121 Å². The minimum absolute atomic E-state index is 0.0623. The van der Waals surface area contributed by atoms with Crippen molar-refractivity contribution >= 4 is 11.8 Å². The Morgan fingerprint density at radius 2 is 1.09 bits per heavy atom. The summed E-state index contributed by atoms with van der Waals surface area (Å²) in [5.41, 5.74) is 1.85. The van der Waals surface area contributed by atoms with Crippen molar-refractivity contribution in [2.45, 2.75) is 123 Å². The number of unbranched alkanes of at least 4 members (excludes halogenated alkanes) is 15. The summed E-state index contributed by atoms with van der Waals surface area (Å²) in [6.07, 6.45) is 24.3. The van der Waals surface area contributed by atoms with Gasteiger partial charge in [0.1, 0.15) is 0 Å². The second-order valence-electron chi connectivity index (χ2n) is 9.25. The smallest absolute Gasteiger partial charge is 0.331 e. The summed E-state index contributed by atoms with van der Waals surface area (Å²) in [6.45, 7) is 3.71. The average molecular weight is 443 g/mol. The number of rotatable bonds is 20. The van der Waals surface area contributed by atoms with Crippen molar-refractivity contribution in [3.05, 3.63) is 47.0 Å². The van der Waals surface area contributed by atoms with E-state index in [0.717, 1.165) is 6.42 Å². The predicted molar refractivity (Wildman–Crippen MR) is 135 cm³/mol. The van der Waals surface area contributed by atoms with Crippen molar-refractivity contribution in [2.24, 2.45) is 0 Å². The molecule has 0 amide bonds. The average Bonchev–Trinajstić information content (AvgIpc) is 2.79. The first-order valence-electron chi connectivity index (χ1n) is 13.1. The second kappa shape index (κ2) is 18.7. The zero-order valence-electron chi connectivity index (χ0n) is 20.7. The first-order valence-corrected chi connectivity index (χ1v) is 13.1. The monoisotopic (exact) mass is 442 g/mol. The van der Waals surface area contributed by atoms with E-state index in [4.69, 9.17) is 5.11 Å². The number of benzene rings is 1. The van der Waals surface area contributed by atoms with E-state index in [1.807, 2.05) is 12.1 Å². The van der Waals surface area contributed by atoms with Crippen molar-refractivity contribution in [1.82, 2.24) is 0 Å². The molecule has 0 aliphatic rings. The van der Waals surface area contributed by atoms with Gasteiger partial charge in [-0.2, -0.15) is 0 Å². The maximum absolute atomic E-state index is 12.0. The number of ketones is 1. The third kappa shape index (κ3) is 14.2. The number of carboxylic acids is 1. The van der Waals surface area contributed by atoms with Gasteiger partial charge in [-0.05, 0) is 31.4 Å². The Balaban J connectivity index is 1.98. The van der Waals surface area contributed by atoms with Gasteiger partial charge in [0.05, 0.1) is 0 Å². The molecule has 180 valence electrons. The highest BCUT2D eigenvalue weighted by Gasteiger charge is 2.07. The first kappa shape index (κ1) is 28.1. The molecule has 1 N–H and O–H groups in total. The summed E-state index contributed by atoms with van der Waals surface area (Å²) in [5.74, 6) is -1.31. The molecule has 1 aromatic carbocycles. The molecule has 0 fully saturated rings. The van der Waals surface area contributed by atoms with E-state index in [2.05, 4.69) is 6.92 Å². The standard InChI is InChI=1S/C29H46O3/c1-3-4-5-6-7-8-9-10-11-12-13-14-15-16-17-18-19-26-20-22-27(23-21-26)28(30)24-25(2)29(31)32/h20-24H,3-19H2,1-2H3,(H,31,32). The molecule has 0 radical (unpaired) electrons. The van der Waals surface area contributed by atoms with Crippen LogP contribution in [0.4, 0.5) is 0 Å². The molecule has 32 heavy (non-hydrogen) atoms. The van der Waals surface area contributed by atoms with Crippen LogP contribution in [0.3, 0.4) is 0 Å². The predicted octanol–water partition coefficient (Wildman–Crippen LogP) is 8.70. The fourth-order valence-electron chi connectivity index (χ4n) is 4.05. The van der Waals surface area contributed by atoms with Crippen molar-refractivity contribution in [3.63, 3.8) is 0 Å². The van der Waals surface area contributed by atoms with Crippen LogP contribution in [0, 0.1) is 0 Å². The largest absolute Gasteiger partial charge is 0.478 e. The minimum atomic E-state index is -1.06. The topological polar surface area (TPSA) is 54.4 Å². The Bertz CT molecular complexity index is 657. The molecule has 0 saturated heterocycles. The van der Waals surface area contributed by atoms with Crippen LogP contribution >= 0.6 is 0 Å². The van der Waals surface area contributed by atoms with E-state index in [0.29, 0.717) is 5.56 Å². The Morgan fingerprint density at radius 1 is 0.688 bits per heavy atom. The van der Waals surface area contributed by atoms with Crippen molar-refractivity contribution < 1.29 is 14.7 Å². The van der Waals surface area contributed by atoms with E-state index >= 15 is 0 Å². The number of allylic oxidation sites excluding steroid dienone is 1. The Morgan fingerprint density at radius 3 is 1.50 bits per heavy atom. The fourth-order valence-corrected chi connectivity index (χ4v) is 4.05. The van der Waals surface area contributed by atoms with Crippen LogP contribution < -0.4 is 0 Å². The molecule has 0 unspecified atom stereocenters. The molecule has 3 nitrogen and oxygen atoms in total. The van der Waals surface area contributed by atoms with E-state index in [-0.39, 0.29) is 11.4 Å². The quantitative estimate of drug-likeness (QED) is 0.125. The molecular weight excluding hydrogens is 396 g/mol. The Labute approximate surface area is 196 Å². The number of hydrogen-bond donors (Lipinski definition) is 1. The number of hydrogen-bond acceptors (Lipinski definition) is 2. The van der Waals surface area contributed by atoms with Crippen LogP contribution in [0.5, 0.6) is 0 Å². The summed E-state index contributed by atoms with van der Waals surface area (Å²) >= 11 is 0. The molecule has 1 rings (SSSR count). The van der Waals surface area contributed by atoms with Crippen molar-refractivity contribution in [2.75, 3.05) is 0 Å². The molecule has 3 heteroatoms. The molecule has 0 bridgehead atoms. The van der Waals surface area contributed by atoms with Gasteiger partial charge in [-0.1, -0.05) is 128 Å². The Hall–Kier alpha value is -1.90. The highest BCUT2D eigenvalue weighted by molar-refractivity contribution is 6.08. The summed E-state index contributed by atoms with van der Waals surface area (Å²) in [6, 6.07) is 7.58. The number of aryl methyl sites for hydroxylation is 1. The molecule has 0 heterocycles. The van der Waals surface area contributed by atoms with E-state index < -0.39 is 5.97 Å². The third-order valence-corrected chi connectivity index (χ3v) is 6.24. The molecule has 0 aliphatic heterocycles. The molecule has 1 aromatic rings. The van der Waals surface area contributed by atoms with Crippen LogP contribution in [-0.2, 0) is 11.2 Å². The van der Waals surface area contributed by atoms with Gasteiger partial charge in [0.25, 0.3) is 0 Å². The van der Waals surface area contributed by atoms with Crippen molar-refractivity contribution in [1.29, 1.82) is 0 Å². The maximum Gasteiger partial charge on any atom is 0.331 e. The van der Waals surface area contributed by atoms with E-state index in [1.54, 1.807) is 12.1 Å². The summed E-state index contributed by atoms with van der Waals surface area (Å²) in [4.78, 5) is 22.9. The lowest BCUT2D eigenvalue weighted by Gasteiger charge is -2.05. The molecule has 0 spiro atoms. The van der Waals surface area contributed by atoms with Gasteiger partial charge in [-0.15, -0.1) is 0 Å². The van der Waals surface area contributed by atoms with Gasteiger partial charge in [0.2, 0.25) is 0 Å². The number of aliphatic carboxylic acids is 1. The maximum atomic E-state index is 12.0. The molecular formula is C29H46O3. The van der Waals surface area contributed by atoms with Gasteiger partial charge >= 0.3 is 5.97 Å². The summed E-state index contributed by atoms with van der Waals surface area (Å²) in [7, 11) is 0. The lowest BCUT2D eigenvalue weighted by Crippen LogP contribution is -2.02. The fraction of sp³-hybridized carbons (Fsp3) is 0.655. The highest BCUT2D eigenvalue weighted by Crippen LogP contribution is 2.15. The minimum Gasteiger partial charge on any atom is -0.478 e. The molecule has 0 atom stereocenters. The molecule has 0 aliphatic carbocycles. The Kier molecular flexibility index (Phi) is 16.4. The number of carbonyl (C=O) groups is 2. The normalized spacial score (nSPS) is 11.6. The van der Waals surface area contributed by atoms with Crippen LogP contribution in [0.15, 0.2) is 35.9 Å². The van der Waals surface area contributed by atoms with Crippen LogP contribution in [-0.4, -0.2) is 16.9 Å². The van der Waals surface area contributed by atoms with Gasteiger partial charge in [-0.25, -0.2) is 4.79 Å². The van der Waals surface area contributed by atoms with Crippen molar-refractivity contribution in [3.8, 4) is 0 Å². The number of carboxylic acid groups (broad SMARTS) is 1. The zero-order valence-corrected chi connectivity index (χ0v) is 20.7. The summed E-state index contributed by atoms with van der Waals surface area (Å²) < 4.78 is 0. The molecule has 0 aromatic heterocycles. The van der Waals surface area contributed by atoms with Crippen LogP contribution in [0.2, 0.25) is 0 Å². The van der Waals surface area contributed by atoms with E-state index in [9.17, 15) is 9.59 Å².